The number of Topliss-reactive ketones (excluding diaryl/α,β-unsaturated/α-hetero) is 1. The second kappa shape index (κ2) is 8.43. The first-order chi connectivity index (χ1) is 15.5. The third kappa shape index (κ3) is 3.66. The molecule has 1 atom stereocenters. The smallest absolute Gasteiger partial charge is 0.188 e. The summed E-state index contributed by atoms with van der Waals surface area (Å²) in [5, 5.41) is 0.787. The average Bonchev–Trinajstić information content (AvgIpc) is 3.08. The van der Waals surface area contributed by atoms with Crippen LogP contribution in [0.5, 0.6) is 0 Å². The average molecular weight is 449 g/mol. The lowest BCUT2D eigenvalue weighted by atomic mass is 9.82. The van der Waals surface area contributed by atoms with Gasteiger partial charge in [-0.15, -0.1) is 0 Å². The number of hydrogen-bond acceptors (Lipinski definition) is 3. The van der Waals surface area contributed by atoms with Crippen molar-refractivity contribution in [3.63, 3.8) is 0 Å². The lowest BCUT2D eigenvalue weighted by Crippen LogP contribution is -2.58. The molecule has 1 unspecified atom stereocenters. The highest BCUT2D eigenvalue weighted by molar-refractivity contribution is 6.31. The van der Waals surface area contributed by atoms with Crippen LogP contribution in [0.1, 0.15) is 32.6 Å². The molecule has 3 nitrogen and oxygen atoms in total. The monoisotopic (exact) mass is 448 g/mol. The Kier molecular flexibility index (Phi) is 5.62. The van der Waals surface area contributed by atoms with Crippen LogP contribution in [-0.4, -0.2) is 41.8 Å². The topological polar surface area (TPSA) is 23.6 Å². The van der Waals surface area contributed by atoms with Gasteiger partial charge in [-0.3, -0.25) is 14.6 Å². The van der Waals surface area contributed by atoms with Gasteiger partial charge in [0.25, 0.3) is 0 Å². The summed E-state index contributed by atoms with van der Waals surface area (Å²) in [5.41, 5.74) is 3.91. The van der Waals surface area contributed by atoms with Crippen molar-refractivity contribution in [3.8, 4) is 0 Å². The van der Waals surface area contributed by atoms with Crippen LogP contribution in [0.4, 0.5) is 4.39 Å². The third-order valence-electron chi connectivity index (χ3n) is 6.89. The zero-order valence-electron chi connectivity index (χ0n) is 18.2. The number of aryl methyl sites for hydroxylation is 1. The van der Waals surface area contributed by atoms with E-state index in [0.717, 1.165) is 60.0 Å². The van der Waals surface area contributed by atoms with Crippen molar-refractivity contribution in [2.45, 2.75) is 25.4 Å². The molecule has 32 heavy (non-hydrogen) atoms. The molecule has 2 aliphatic rings. The second-order valence-corrected chi connectivity index (χ2v) is 9.30. The Bertz CT molecular complexity index is 1170. The molecule has 0 radical (unpaired) electrons. The summed E-state index contributed by atoms with van der Waals surface area (Å²) in [5.74, 6) is -0.209. The van der Waals surface area contributed by atoms with Gasteiger partial charge in [0.05, 0.1) is 0 Å². The molecule has 0 N–H and O–H groups in total. The van der Waals surface area contributed by atoms with Crippen LogP contribution in [0, 0.1) is 12.7 Å². The summed E-state index contributed by atoms with van der Waals surface area (Å²) < 4.78 is 14.0. The van der Waals surface area contributed by atoms with E-state index in [1.165, 1.54) is 12.1 Å². The van der Waals surface area contributed by atoms with Gasteiger partial charge in [0.1, 0.15) is 11.4 Å². The summed E-state index contributed by atoms with van der Waals surface area (Å²) >= 11 is 6.36. The van der Waals surface area contributed by atoms with E-state index in [-0.39, 0.29) is 11.6 Å². The first-order valence-electron chi connectivity index (χ1n) is 11.1. The summed E-state index contributed by atoms with van der Waals surface area (Å²) in [6.45, 7) is 6.06. The van der Waals surface area contributed by atoms with Crippen LogP contribution in [0.25, 0.3) is 0 Å². The maximum Gasteiger partial charge on any atom is 0.188 e. The molecule has 0 saturated carbocycles. The van der Waals surface area contributed by atoms with E-state index in [4.69, 9.17) is 11.6 Å². The predicted molar refractivity (Wildman–Crippen MR) is 126 cm³/mol. The minimum Gasteiger partial charge on any atom is -0.296 e. The van der Waals surface area contributed by atoms with Gasteiger partial charge in [-0.25, -0.2) is 4.39 Å². The second-order valence-electron chi connectivity index (χ2n) is 8.89. The molecule has 5 rings (SSSR count). The Morgan fingerprint density at radius 2 is 1.75 bits per heavy atom. The van der Waals surface area contributed by atoms with Gasteiger partial charge in [0, 0.05) is 49.7 Å². The maximum atomic E-state index is 14.0. The zero-order chi connectivity index (χ0) is 22.3. The van der Waals surface area contributed by atoms with Gasteiger partial charge in [-0.1, -0.05) is 59.6 Å². The van der Waals surface area contributed by atoms with E-state index < -0.39 is 5.54 Å². The van der Waals surface area contributed by atoms with Gasteiger partial charge in [0.15, 0.2) is 5.78 Å². The predicted octanol–water partition coefficient (Wildman–Crippen LogP) is 5.24. The third-order valence-corrected chi connectivity index (χ3v) is 7.26. The minimum absolute atomic E-state index is 0.0812. The fraction of sp³-hybridized carbons (Fsp3) is 0.296. The number of halogens is 2. The van der Waals surface area contributed by atoms with Crippen LogP contribution < -0.4 is 0 Å². The number of nitrogens with zero attached hydrogens (tertiary/aromatic N) is 2. The number of rotatable bonds is 4. The fourth-order valence-corrected chi connectivity index (χ4v) is 5.43. The first-order valence-corrected chi connectivity index (χ1v) is 11.5. The molecule has 1 fully saturated rings. The van der Waals surface area contributed by atoms with E-state index in [0.29, 0.717) is 12.0 Å². The van der Waals surface area contributed by atoms with Crippen molar-refractivity contribution in [1.82, 2.24) is 9.80 Å². The quantitative estimate of drug-likeness (QED) is 0.545. The molecule has 0 bridgehead atoms. The maximum absolute atomic E-state index is 14.0. The summed E-state index contributed by atoms with van der Waals surface area (Å²) in [4.78, 5) is 18.6. The Balaban J connectivity index is 1.44. The lowest BCUT2D eigenvalue weighted by molar-refractivity contribution is 0.0288. The van der Waals surface area contributed by atoms with E-state index in [9.17, 15) is 9.18 Å². The van der Waals surface area contributed by atoms with Crippen molar-refractivity contribution in [2.24, 2.45) is 0 Å². The number of piperazine rings is 1. The van der Waals surface area contributed by atoms with Gasteiger partial charge in [-0.2, -0.15) is 0 Å². The highest BCUT2D eigenvalue weighted by Crippen LogP contribution is 2.43. The molecular formula is C27H26ClFN2O. The Morgan fingerprint density at radius 3 is 2.50 bits per heavy atom. The van der Waals surface area contributed by atoms with Gasteiger partial charge >= 0.3 is 0 Å². The molecular weight excluding hydrogens is 423 g/mol. The molecule has 0 amide bonds. The largest absolute Gasteiger partial charge is 0.296 e. The van der Waals surface area contributed by atoms with Crippen LogP contribution in [0.2, 0.25) is 5.02 Å². The SMILES string of the molecule is Cc1cccc(C2(N3CCN(Cc4ccccc4Cl)CC3)Cc3cc(F)ccc3C2=O)c1. The number of fused-ring (bicyclic) bond motifs is 1. The van der Waals surface area contributed by atoms with Crippen LogP contribution in [0.3, 0.4) is 0 Å². The van der Waals surface area contributed by atoms with E-state index in [1.807, 2.05) is 43.3 Å². The van der Waals surface area contributed by atoms with E-state index in [2.05, 4.69) is 21.9 Å². The highest BCUT2D eigenvalue weighted by Gasteiger charge is 2.51. The Labute approximate surface area is 193 Å². The molecule has 5 heteroatoms. The van der Waals surface area contributed by atoms with Crippen LogP contribution in [-0.2, 0) is 18.5 Å². The number of benzene rings is 3. The molecule has 3 aromatic carbocycles. The van der Waals surface area contributed by atoms with Crippen molar-refractivity contribution < 1.29 is 9.18 Å². The van der Waals surface area contributed by atoms with Gasteiger partial charge < -0.3 is 0 Å². The van der Waals surface area contributed by atoms with Crippen LogP contribution in [0.15, 0.2) is 66.7 Å². The van der Waals surface area contributed by atoms with E-state index in [1.54, 1.807) is 6.07 Å². The molecule has 1 heterocycles. The van der Waals surface area contributed by atoms with Crippen molar-refractivity contribution >= 4 is 17.4 Å². The Hall–Kier alpha value is -2.53. The molecule has 0 spiro atoms. The first kappa shape index (κ1) is 21.3. The minimum atomic E-state index is -0.779. The fourth-order valence-electron chi connectivity index (χ4n) is 5.24. The van der Waals surface area contributed by atoms with Crippen molar-refractivity contribution in [1.29, 1.82) is 0 Å². The highest BCUT2D eigenvalue weighted by atomic mass is 35.5. The van der Waals surface area contributed by atoms with Gasteiger partial charge in [-0.05, 0) is 47.9 Å². The van der Waals surface area contributed by atoms with Gasteiger partial charge in [0.2, 0.25) is 0 Å². The van der Waals surface area contributed by atoms with Crippen molar-refractivity contribution in [3.05, 3.63) is 105 Å². The lowest BCUT2D eigenvalue weighted by Gasteiger charge is -2.45. The summed E-state index contributed by atoms with van der Waals surface area (Å²) in [7, 11) is 0. The number of carbonyl (C=O) groups excluding carboxylic acids is 1. The zero-order valence-corrected chi connectivity index (χ0v) is 18.9. The Morgan fingerprint density at radius 1 is 0.969 bits per heavy atom. The standard InChI is InChI=1S/C27H26ClFN2O/c1-19-5-4-7-22(15-19)27(17-21-16-23(29)9-10-24(21)26(27)32)31-13-11-30(12-14-31)18-20-6-2-3-8-25(20)28/h2-10,15-16H,11-14,17-18H2,1H3. The summed E-state index contributed by atoms with van der Waals surface area (Å²) in [6.07, 6.45) is 0.507. The number of ketones is 1. The molecule has 0 aromatic heterocycles. The molecule has 1 saturated heterocycles. The molecule has 3 aromatic rings. The summed E-state index contributed by atoms with van der Waals surface area (Å²) in [6, 6.07) is 20.7. The normalized spacial score (nSPS) is 21.7. The molecule has 1 aliphatic carbocycles. The van der Waals surface area contributed by atoms with E-state index >= 15 is 0 Å². The molecule has 1 aliphatic heterocycles. The molecule has 164 valence electrons. The van der Waals surface area contributed by atoms with Crippen LogP contribution >= 0.6 is 11.6 Å². The van der Waals surface area contributed by atoms with Crippen molar-refractivity contribution in [2.75, 3.05) is 26.2 Å². The number of hydrogen-bond donors (Lipinski definition) is 0. The number of carbonyl (C=O) groups is 1.